The maximum Gasteiger partial charge on any atom is 0.470 e. The monoisotopic (exact) mass is 384 g/mol. The van der Waals surface area contributed by atoms with E-state index >= 15 is 0 Å². The molecule has 2 aromatic rings. The molecular formula is C22H25O4P. The van der Waals surface area contributed by atoms with Gasteiger partial charge in [0.2, 0.25) is 0 Å². The fourth-order valence-electron chi connectivity index (χ4n) is 6.80. The van der Waals surface area contributed by atoms with Gasteiger partial charge in [-0.25, -0.2) is 4.57 Å². The van der Waals surface area contributed by atoms with Crippen LogP contribution >= 0.6 is 7.82 Å². The van der Waals surface area contributed by atoms with Crippen molar-refractivity contribution in [2.24, 2.45) is 17.8 Å². The third-order valence-corrected chi connectivity index (χ3v) is 7.78. The minimum absolute atomic E-state index is 0.124. The summed E-state index contributed by atoms with van der Waals surface area (Å²) in [5, 5.41) is 0. The van der Waals surface area contributed by atoms with Gasteiger partial charge in [0.15, 0.2) is 0 Å². The molecule has 0 aliphatic heterocycles. The predicted octanol–water partition coefficient (Wildman–Crippen LogP) is 4.77. The molecule has 4 aliphatic rings. The summed E-state index contributed by atoms with van der Waals surface area (Å²) >= 11 is 0. The van der Waals surface area contributed by atoms with Crippen LogP contribution in [0.25, 0.3) is 0 Å². The smallest absolute Gasteiger partial charge is 0.303 e. The molecule has 6 rings (SSSR count). The van der Waals surface area contributed by atoms with E-state index in [1.807, 2.05) is 48.5 Å². The second-order valence-corrected chi connectivity index (χ2v) is 9.84. The lowest BCUT2D eigenvalue weighted by Crippen LogP contribution is -2.65. The van der Waals surface area contributed by atoms with Gasteiger partial charge in [-0.15, -0.1) is 0 Å². The van der Waals surface area contributed by atoms with Crippen molar-refractivity contribution in [3.05, 3.63) is 71.8 Å². The summed E-state index contributed by atoms with van der Waals surface area (Å²) in [6.45, 7) is 0. The van der Waals surface area contributed by atoms with Gasteiger partial charge in [-0.1, -0.05) is 60.7 Å². The van der Waals surface area contributed by atoms with Crippen LogP contribution in [-0.4, -0.2) is 9.79 Å². The lowest BCUT2D eigenvalue weighted by Gasteiger charge is -2.67. The van der Waals surface area contributed by atoms with Gasteiger partial charge in [0, 0.05) is 5.41 Å². The average molecular weight is 384 g/mol. The summed E-state index contributed by atoms with van der Waals surface area (Å²) in [5.74, 6) is 1.35. The summed E-state index contributed by atoms with van der Waals surface area (Å²) in [4.78, 5) is 20.0. The van der Waals surface area contributed by atoms with E-state index < -0.39 is 18.8 Å². The molecule has 3 unspecified atom stereocenters. The van der Waals surface area contributed by atoms with Crippen LogP contribution in [0.2, 0.25) is 0 Å². The van der Waals surface area contributed by atoms with Crippen LogP contribution < -0.4 is 0 Å². The van der Waals surface area contributed by atoms with Gasteiger partial charge in [-0.3, -0.25) is 4.52 Å². The van der Waals surface area contributed by atoms with Crippen LogP contribution in [0.3, 0.4) is 0 Å². The third kappa shape index (κ3) is 2.58. The van der Waals surface area contributed by atoms with Crippen molar-refractivity contribution in [1.29, 1.82) is 0 Å². The molecule has 2 aromatic carbocycles. The largest absolute Gasteiger partial charge is 0.470 e. The lowest BCUT2D eigenvalue weighted by molar-refractivity contribution is -0.190. The van der Waals surface area contributed by atoms with Gasteiger partial charge in [-0.05, 0) is 61.0 Å². The Balaban J connectivity index is 1.80. The molecular weight excluding hydrogens is 359 g/mol. The van der Waals surface area contributed by atoms with E-state index in [1.165, 1.54) is 6.42 Å². The van der Waals surface area contributed by atoms with E-state index in [4.69, 9.17) is 4.52 Å². The minimum atomic E-state index is -4.69. The fraction of sp³-hybridized carbons (Fsp3) is 0.455. The highest BCUT2D eigenvalue weighted by Gasteiger charge is 2.69. The van der Waals surface area contributed by atoms with Crippen LogP contribution in [0, 0.1) is 17.8 Å². The highest BCUT2D eigenvalue weighted by Crippen LogP contribution is 2.72. The van der Waals surface area contributed by atoms with E-state index in [-0.39, 0.29) is 5.92 Å². The van der Waals surface area contributed by atoms with E-state index in [9.17, 15) is 14.4 Å². The van der Waals surface area contributed by atoms with Crippen LogP contribution in [-0.2, 0) is 20.1 Å². The SMILES string of the molecule is O=P(O)(O)OC1(c2ccccc2)C2CC3CC(C2)CC1(c1ccccc1)C3. The van der Waals surface area contributed by atoms with Gasteiger partial charge in [0.05, 0.1) is 0 Å². The Morgan fingerprint density at radius 1 is 0.815 bits per heavy atom. The van der Waals surface area contributed by atoms with Crippen molar-refractivity contribution in [3.8, 4) is 0 Å². The lowest BCUT2D eigenvalue weighted by atomic mass is 9.40. The molecule has 4 nitrogen and oxygen atoms in total. The Morgan fingerprint density at radius 2 is 1.33 bits per heavy atom. The van der Waals surface area contributed by atoms with Gasteiger partial charge in [-0.2, -0.15) is 0 Å². The summed E-state index contributed by atoms with van der Waals surface area (Å²) in [6, 6.07) is 20.1. The average Bonchev–Trinajstić information content (AvgIpc) is 2.65. The summed E-state index contributed by atoms with van der Waals surface area (Å²) in [6.07, 6.45) is 5.07. The maximum absolute atomic E-state index is 12.2. The van der Waals surface area contributed by atoms with Gasteiger partial charge >= 0.3 is 7.82 Å². The molecule has 4 bridgehead atoms. The molecule has 0 saturated heterocycles. The molecule has 142 valence electrons. The van der Waals surface area contributed by atoms with Gasteiger partial charge in [0.25, 0.3) is 0 Å². The highest BCUT2D eigenvalue weighted by molar-refractivity contribution is 7.46. The normalized spacial score (nSPS) is 37.5. The van der Waals surface area contributed by atoms with Crippen LogP contribution in [0.4, 0.5) is 0 Å². The molecule has 0 radical (unpaired) electrons. The molecule has 0 spiro atoms. The number of hydrogen-bond donors (Lipinski definition) is 2. The molecule has 27 heavy (non-hydrogen) atoms. The van der Waals surface area contributed by atoms with Gasteiger partial charge in [0.1, 0.15) is 5.60 Å². The zero-order chi connectivity index (χ0) is 18.7. The Labute approximate surface area is 159 Å². The topological polar surface area (TPSA) is 66.8 Å². The molecule has 3 atom stereocenters. The third-order valence-electron chi connectivity index (χ3n) is 7.25. The first-order chi connectivity index (χ1) is 12.9. The molecule has 4 aliphatic carbocycles. The Bertz CT molecular complexity index is 864. The van der Waals surface area contributed by atoms with E-state index in [1.54, 1.807) is 0 Å². The van der Waals surface area contributed by atoms with Crippen molar-refractivity contribution < 1.29 is 18.9 Å². The first-order valence-corrected chi connectivity index (χ1v) is 11.3. The summed E-state index contributed by atoms with van der Waals surface area (Å²) in [5.41, 5.74) is 0.676. The predicted molar refractivity (Wildman–Crippen MR) is 103 cm³/mol. The molecule has 0 aromatic heterocycles. The Kier molecular flexibility index (Phi) is 3.93. The van der Waals surface area contributed by atoms with Crippen molar-refractivity contribution in [3.63, 3.8) is 0 Å². The van der Waals surface area contributed by atoms with Gasteiger partial charge < -0.3 is 9.79 Å². The van der Waals surface area contributed by atoms with Crippen molar-refractivity contribution in [2.45, 2.75) is 43.1 Å². The molecule has 2 N–H and O–H groups in total. The van der Waals surface area contributed by atoms with E-state index in [0.29, 0.717) is 11.8 Å². The number of phosphoric acid groups is 1. The second-order valence-electron chi connectivity index (χ2n) is 8.68. The maximum atomic E-state index is 12.2. The first-order valence-electron chi connectivity index (χ1n) is 9.80. The molecule has 0 heterocycles. The van der Waals surface area contributed by atoms with Crippen LogP contribution in [0.5, 0.6) is 0 Å². The van der Waals surface area contributed by atoms with Crippen molar-refractivity contribution in [2.75, 3.05) is 0 Å². The van der Waals surface area contributed by atoms with Crippen molar-refractivity contribution in [1.82, 2.24) is 0 Å². The zero-order valence-electron chi connectivity index (χ0n) is 15.2. The number of phosphoric ester groups is 1. The number of hydrogen-bond acceptors (Lipinski definition) is 2. The number of benzene rings is 2. The fourth-order valence-corrected chi connectivity index (χ4v) is 7.60. The van der Waals surface area contributed by atoms with Crippen molar-refractivity contribution >= 4 is 7.82 Å². The van der Waals surface area contributed by atoms with E-state index in [2.05, 4.69) is 12.1 Å². The quantitative estimate of drug-likeness (QED) is 0.746. The highest BCUT2D eigenvalue weighted by atomic mass is 31.2. The van der Waals surface area contributed by atoms with Crippen LogP contribution in [0.1, 0.15) is 43.2 Å². The first kappa shape index (κ1) is 17.6. The molecule has 0 amide bonds. The Hall–Kier alpha value is -1.45. The molecule has 4 saturated carbocycles. The van der Waals surface area contributed by atoms with Crippen LogP contribution in [0.15, 0.2) is 60.7 Å². The number of rotatable bonds is 4. The molecule has 5 heteroatoms. The minimum Gasteiger partial charge on any atom is -0.303 e. The summed E-state index contributed by atoms with van der Waals surface area (Å²) < 4.78 is 18.2. The Morgan fingerprint density at radius 3 is 1.85 bits per heavy atom. The standard InChI is InChI=1S/C22H25O4P/c23-27(24,25)26-22(19-9-5-2-6-10-19)20-12-16-11-17(13-20)15-21(22,14-16)18-7-3-1-4-8-18/h1-10,16-17,20H,11-15H2,(H2,23,24,25). The van der Waals surface area contributed by atoms with E-state index in [0.717, 1.165) is 36.8 Å². The summed E-state index contributed by atoms with van der Waals surface area (Å²) in [7, 11) is -4.69. The molecule has 4 fully saturated rings. The second kappa shape index (κ2) is 6.02. The zero-order valence-corrected chi connectivity index (χ0v) is 16.1.